The molecular formula is C18H16ClFN2. The molecule has 2 nitrogen and oxygen atoms in total. The zero-order chi connectivity index (χ0) is 15.3. The summed E-state index contributed by atoms with van der Waals surface area (Å²) in [4.78, 5) is 2.31. The molecule has 0 N–H and O–H groups in total. The van der Waals surface area contributed by atoms with Crippen molar-refractivity contribution in [2.24, 2.45) is 0 Å². The first-order valence-corrected chi connectivity index (χ1v) is 7.77. The van der Waals surface area contributed by atoms with Crippen LogP contribution < -0.4 is 0 Å². The summed E-state index contributed by atoms with van der Waals surface area (Å²) >= 11 is 6.20. The Bertz CT molecular complexity index is 852. The number of rotatable bonds is 1. The molecule has 0 unspecified atom stereocenters. The van der Waals surface area contributed by atoms with Crippen LogP contribution in [0.4, 0.5) is 4.39 Å². The van der Waals surface area contributed by atoms with E-state index >= 15 is 0 Å². The van der Waals surface area contributed by atoms with Gasteiger partial charge in [-0.1, -0.05) is 11.6 Å². The van der Waals surface area contributed by atoms with Crippen molar-refractivity contribution < 1.29 is 4.39 Å². The fraction of sp³-hybridized carbons (Fsp3) is 0.222. The molecule has 22 heavy (non-hydrogen) atoms. The predicted molar refractivity (Wildman–Crippen MR) is 88.3 cm³/mol. The van der Waals surface area contributed by atoms with E-state index in [0.29, 0.717) is 0 Å². The van der Waals surface area contributed by atoms with Crippen LogP contribution in [0.15, 0.2) is 42.5 Å². The van der Waals surface area contributed by atoms with Crippen molar-refractivity contribution in [3.8, 4) is 5.69 Å². The lowest BCUT2D eigenvalue weighted by Crippen LogP contribution is -2.27. The number of halogens is 2. The van der Waals surface area contributed by atoms with E-state index in [4.69, 9.17) is 11.6 Å². The maximum Gasteiger partial charge on any atom is 0.123 e. The van der Waals surface area contributed by atoms with Gasteiger partial charge >= 0.3 is 0 Å². The average molecular weight is 315 g/mol. The van der Waals surface area contributed by atoms with Gasteiger partial charge in [0.2, 0.25) is 0 Å². The lowest BCUT2D eigenvalue weighted by molar-refractivity contribution is 0.307. The first-order valence-electron chi connectivity index (χ1n) is 7.39. The van der Waals surface area contributed by atoms with Gasteiger partial charge in [0.05, 0.1) is 5.52 Å². The number of aromatic nitrogens is 1. The molecule has 112 valence electrons. The Morgan fingerprint density at radius 1 is 1.09 bits per heavy atom. The molecule has 2 aromatic carbocycles. The minimum Gasteiger partial charge on any atom is -0.312 e. The van der Waals surface area contributed by atoms with Gasteiger partial charge in [0.1, 0.15) is 5.82 Å². The van der Waals surface area contributed by atoms with Crippen molar-refractivity contribution in [2.75, 3.05) is 13.6 Å². The standard InChI is InChI=1S/C18H16ClFN2/c1-21-9-8-15-16-10-12(19)2-7-17(16)22(18(15)11-21)14-5-3-13(20)4-6-14/h2-7,10H,8-9,11H2,1H3. The average Bonchev–Trinajstić information content (AvgIpc) is 2.81. The van der Waals surface area contributed by atoms with Gasteiger partial charge in [0.15, 0.2) is 0 Å². The third kappa shape index (κ3) is 2.13. The van der Waals surface area contributed by atoms with E-state index in [1.165, 1.54) is 28.8 Å². The van der Waals surface area contributed by atoms with E-state index in [9.17, 15) is 4.39 Å². The highest BCUT2D eigenvalue weighted by molar-refractivity contribution is 6.31. The predicted octanol–water partition coefficient (Wildman–Crippen LogP) is 4.41. The molecule has 0 aliphatic carbocycles. The summed E-state index contributed by atoms with van der Waals surface area (Å²) in [5, 5.41) is 1.96. The third-order valence-corrected chi connectivity index (χ3v) is 4.63. The van der Waals surface area contributed by atoms with Gasteiger partial charge in [0.25, 0.3) is 0 Å². The smallest absolute Gasteiger partial charge is 0.123 e. The maximum absolute atomic E-state index is 13.3. The second kappa shape index (κ2) is 5.11. The van der Waals surface area contributed by atoms with E-state index in [2.05, 4.69) is 22.6 Å². The van der Waals surface area contributed by atoms with Gasteiger partial charge < -0.3 is 9.47 Å². The molecule has 0 amide bonds. The molecule has 1 aromatic heterocycles. The van der Waals surface area contributed by atoms with E-state index in [0.717, 1.165) is 35.7 Å². The summed E-state index contributed by atoms with van der Waals surface area (Å²) in [6, 6.07) is 12.7. The van der Waals surface area contributed by atoms with Crippen LogP contribution in [0.25, 0.3) is 16.6 Å². The van der Waals surface area contributed by atoms with Crippen LogP contribution in [0.2, 0.25) is 5.02 Å². The molecular weight excluding hydrogens is 299 g/mol. The van der Waals surface area contributed by atoms with E-state index in [1.807, 2.05) is 24.3 Å². The normalized spacial score (nSPS) is 15.2. The Kier molecular flexibility index (Phi) is 3.21. The minimum atomic E-state index is -0.214. The van der Waals surface area contributed by atoms with Crippen molar-refractivity contribution in [1.29, 1.82) is 0 Å². The summed E-state index contributed by atoms with van der Waals surface area (Å²) in [6.07, 6.45) is 1.01. The van der Waals surface area contributed by atoms with E-state index < -0.39 is 0 Å². The van der Waals surface area contributed by atoms with Crippen molar-refractivity contribution in [3.63, 3.8) is 0 Å². The van der Waals surface area contributed by atoms with Crippen LogP contribution in [0.3, 0.4) is 0 Å². The summed E-state index contributed by atoms with van der Waals surface area (Å²) < 4.78 is 15.5. The lowest BCUT2D eigenvalue weighted by atomic mass is 10.0. The quantitative estimate of drug-likeness (QED) is 0.646. The second-order valence-corrected chi connectivity index (χ2v) is 6.32. The molecule has 0 atom stereocenters. The molecule has 4 heteroatoms. The monoisotopic (exact) mass is 314 g/mol. The highest BCUT2D eigenvalue weighted by Gasteiger charge is 2.23. The number of benzene rings is 2. The fourth-order valence-electron chi connectivity index (χ4n) is 3.35. The van der Waals surface area contributed by atoms with Gasteiger partial charge in [-0.2, -0.15) is 0 Å². The summed E-state index contributed by atoms with van der Waals surface area (Å²) in [5.74, 6) is -0.214. The highest BCUT2D eigenvalue weighted by atomic mass is 35.5. The Hall–Kier alpha value is -1.84. The Morgan fingerprint density at radius 3 is 2.64 bits per heavy atom. The number of fused-ring (bicyclic) bond motifs is 3. The summed E-state index contributed by atoms with van der Waals surface area (Å²) in [5.41, 5.74) is 4.76. The van der Waals surface area contributed by atoms with Crippen LogP contribution in [0.5, 0.6) is 0 Å². The molecule has 0 saturated heterocycles. The Morgan fingerprint density at radius 2 is 1.86 bits per heavy atom. The molecule has 1 aliphatic rings. The van der Waals surface area contributed by atoms with Gasteiger partial charge in [-0.05, 0) is 61.5 Å². The van der Waals surface area contributed by atoms with Gasteiger partial charge in [-0.15, -0.1) is 0 Å². The fourth-order valence-corrected chi connectivity index (χ4v) is 3.52. The summed E-state index contributed by atoms with van der Waals surface area (Å²) in [6.45, 7) is 1.93. The third-order valence-electron chi connectivity index (χ3n) is 4.39. The Balaban J connectivity index is 2.04. The first-order chi connectivity index (χ1) is 10.6. The molecule has 0 saturated carbocycles. The zero-order valence-electron chi connectivity index (χ0n) is 12.3. The second-order valence-electron chi connectivity index (χ2n) is 5.89. The van der Waals surface area contributed by atoms with Crippen LogP contribution in [-0.4, -0.2) is 23.1 Å². The molecule has 4 rings (SSSR count). The van der Waals surface area contributed by atoms with Crippen molar-refractivity contribution in [1.82, 2.24) is 9.47 Å². The van der Waals surface area contributed by atoms with E-state index in [-0.39, 0.29) is 5.82 Å². The number of likely N-dealkylation sites (N-methyl/N-ethyl adjacent to an activating group) is 1. The molecule has 2 heterocycles. The van der Waals surface area contributed by atoms with Gasteiger partial charge in [0, 0.05) is 34.9 Å². The largest absolute Gasteiger partial charge is 0.312 e. The minimum absolute atomic E-state index is 0.214. The number of hydrogen-bond acceptors (Lipinski definition) is 1. The highest BCUT2D eigenvalue weighted by Crippen LogP contribution is 2.34. The first kappa shape index (κ1) is 13.8. The zero-order valence-corrected chi connectivity index (χ0v) is 13.1. The lowest BCUT2D eigenvalue weighted by Gasteiger charge is -2.24. The molecule has 0 bridgehead atoms. The van der Waals surface area contributed by atoms with Crippen molar-refractivity contribution >= 4 is 22.5 Å². The van der Waals surface area contributed by atoms with Crippen LogP contribution in [0, 0.1) is 5.82 Å². The SMILES string of the molecule is CN1CCc2c(n(-c3ccc(F)cc3)c3ccc(Cl)cc23)C1. The molecule has 0 radical (unpaired) electrons. The van der Waals surface area contributed by atoms with Crippen LogP contribution in [-0.2, 0) is 13.0 Å². The molecule has 3 aromatic rings. The number of nitrogens with zero attached hydrogens (tertiary/aromatic N) is 2. The van der Waals surface area contributed by atoms with Crippen molar-refractivity contribution in [3.05, 3.63) is 64.6 Å². The molecule has 0 fully saturated rings. The number of hydrogen-bond donors (Lipinski definition) is 0. The van der Waals surface area contributed by atoms with Crippen LogP contribution >= 0.6 is 11.6 Å². The molecule has 0 spiro atoms. The Labute approximate surface area is 133 Å². The molecule has 1 aliphatic heterocycles. The van der Waals surface area contributed by atoms with Crippen LogP contribution in [0.1, 0.15) is 11.3 Å². The topological polar surface area (TPSA) is 8.17 Å². The van der Waals surface area contributed by atoms with Gasteiger partial charge in [-0.25, -0.2) is 4.39 Å². The maximum atomic E-state index is 13.3. The summed E-state index contributed by atoms with van der Waals surface area (Å²) in [7, 11) is 2.13. The van der Waals surface area contributed by atoms with Gasteiger partial charge in [-0.3, -0.25) is 0 Å². The van der Waals surface area contributed by atoms with E-state index in [1.54, 1.807) is 0 Å². The van der Waals surface area contributed by atoms with Crippen molar-refractivity contribution in [2.45, 2.75) is 13.0 Å².